The Kier molecular flexibility index (Phi) is 2.64. The van der Waals surface area contributed by atoms with E-state index in [0.29, 0.717) is 24.4 Å². The van der Waals surface area contributed by atoms with Gasteiger partial charge in [-0.05, 0) is 0 Å². The Morgan fingerprint density at radius 3 is 3.13 bits per heavy atom. The Balaban J connectivity index is 0.00000128. The van der Waals surface area contributed by atoms with Gasteiger partial charge in [-0.2, -0.15) is 4.98 Å². The summed E-state index contributed by atoms with van der Waals surface area (Å²) in [6.07, 6.45) is 1.49. The van der Waals surface area contributed by atoms with E-state index in [4.69, 9.17) is 9.47 Å². The van der Waals surface area contributed by atoms with Crippen LogP contribution < -0.4 is 10.4 Å². The monoisotopic (exact) mass is 212 g/mol. The van der Waals surface area contributed by atoms with Gasteiger partial charge in [-0.1, -0.05) is 0 Å². The van der Waals surface area contributed by atoms with Crippen molar-refractivity contribution in [2.75, 3.05) is 20.3 Å². The fourth-order valence-corrected chi connectivity index (χ4v) is 1.10. The molecular formula is C8H12N4O3. The van der Waals surface area contributed by atoms with Gasteiger partial charge in [0.05, 0.1) is 12.8 Å². The number of hydrogen-bond acceptors (Lipinski definition) is 5. The number of aromatic nitrogens is 4. The number of H-pyrrole nitrogens is 2. The third-order valence-corrected chi connectivity index (χ3v) is 1.77. The lowest BCUT2D eigenvalue weighted by atomic mass is 10.6. The Hall–Kier alpha value is -1.89. The van der Waals surface area contributed by atoms with Gasteiger partial charge >= 0.3 is 11.7 Å². The van der Waals surface area contributed by atoms with Crippen LogP contribution in [0, 0.1) is 0 Å². The van der Waals surface area contributed by atoms with Crippen molar-refractivity contribution in [3.63, 3.8) is 0 Å². The lowest BCUT2D eigenvalue weighted by molar-refractivity contribution is 0.141. The van der Waals surface area contributed by atoms with Crippen LogP contribution in [0.3, 0.4) is 0 Å². The molecule has 2 N–H and O–H groups in total. The number of methoxy groups -OCH3 is 1. The summed E-state index contributed by atoms with van der Waals surface area (Å²) in [5.41, 5.74) is 0.676. The highest BCUT2D eigenvalue weighted by molar-refractivity contribution is 5.68. The van der Waals surface area contributed by atoms with Crippen molar-refractivity contribution in [3.05, 3.63) is 16.7 Å². The molecule has 0 bridgehead atoms. The largest absolute Gasteiger partial charge is 0.461 e. The molecule has 82 valence electrons. The number of rotatable bonds is 4. The molecule has 0 saturated carbocycles. The van der Waals surface area contributed by atoms with Crippen LogP contribution in [0.25, 0.3) is 11.2 Å². The van der Waals surface area contributed by atoms with E-state index in [1.807, 2.05) is 0 Å². The summed E-state index contributed by atoms with van der Waals surface area (Å²) in [6, 6.07) is 0.217. The minimum absolute atomic E-state index is 0. The van der Waals surface area contributed by atoms with Gasteiger partial charge in [-0.3, -0.25) is 4.98 Å². The maximum absolute atomic E-state index is 10.9. The second-order valence-corrected chi connectivity index (χ2v) is 2.84. The molecular weight excluding hydrogens is 200 g/mol. The number of ether oxygens (including phenoxy) is 2. The number of nitrogens with one attached hydrogen (secondary N) is 2. The predicted molar refractivity (Wildman–Crippen MR) is 54.0 cm³/mol. The van der Waals surface area contributed by atoms with E-state index in [1.54, 1.807) is 7.11 Å². The Bertz CT molecular complexity index is 509. The number of fused-ring (bicyclic) bond motifs is 1. The summed E-state index contributed by atoms with van der Waals surface area (Å²) in [7, 11) is 1.58. The molecule has 0 aliphatic carbocycles. The Morgan fingerprint density at radius 1 is 1.47 bits per heavy atom. The van der Waals surface area contributed by atoms with E-state index in [9.17, 15) is 4.79 Å². The summed E-state index contributed by atoms with van der Waals surface area (Å²) < 4.78 is 9.99. The van der Waals surface area contributed by atoms with Crippen molar-refractivity contribution < 1.29 is 10.9 Å². The minimum atomic E-state index is -0.312. The van der Waals surface area contributed by atoms with Gasteiger partial charge in [-0.15, -0.1) is 0 Å². The standard InChI is InChI=1S/C8H10N4O3.H2/c1-14-2-3-15-8-9-4-5-6(12-8)11-7(13)10-5;/h4H,2-3H2,1H3,(H2,9,10,11,12,13);1H. The maximum atomic E-state index is 10.9. The highest BCUT2D eigenvalue weighted by atomic mass is 16.5. The smallest absolute Gasteiger partial charge is 0.325 e. The molecule has 0 radical (unpaired) electrons. The summed E-state index contributed by atoms with van der Waals surface area (Å²) in [4.78, 5) is 23.9. The van der Waals surface area contributed by atoms with Crippen molar-refractivity contribution in [1.82, 2.24) is 19.9 Å². The first-order valence-electron chi connectivity index (χ1n) is 4.36. The summed E-state index contributed by atoms with van der Waals surface area (Å²) in [5.74, 6) is 0. The van der Waals surface area contributed by atoms with Crippen LogP contribution in [0.4, 0.5) is 0 Å². The zero-order valence-electron chi connectivity index (χ0n) is 8.11. The first kappa shape index (κ1) is 9.66. The van der Waals surface area contributed by atoms with E-state index in [0.717, 1.165) is 0 Å². The molecule has 0 unspecified atom stereocenters. The molecule has 0 atom stereocenters. The number of imidazole rings is 1. The molecule has 0 spiro atoms. The van der Waals surface area contributed by atoms with Gasteiger partial charge in [0, 0.05) is 8.54 Å². The molecule has 0 amide bonds. The molecule has 0 aliphatic heterocycles. The quantitative estimate of drug-likeness (QED) is 0.691. The van der Waals surface area contributed by atoms with E-state index in [1.165, 1.54) is 6.20 Å². The average molecular weight is 212 g/mol. The molecule has 0 aromatic carbocycles. The molecule has 2 heterocycles. The summed E-state index contributed by atoms with van der Waals surface area (Å²) in [6.45, 7) is 0.835. The van der Waals surface area contributed by atoms with Crippen LogP contribution in [0.1, 0.15) is 1.43 Å². The number of nitrogens with zero attached hydrogens (tertiary/aromatic N) is 2. The molecule has 2 aromatic heterocycles. The lowest BCUT2D eigenvalue weighted by Gasteiger charge is -2.01. The fourth-order valence-electron chi connectivity index (χ4n) is 1.10. The van der Waals surface area contributed by atoms with Gasteiger partial charge < -0.3 is 14.5 Å². The van der Waals surface area contributed by atoms with Crippen LogP contribution in [-0.4, -0.2) is 40.3 Å². The molecule has 15 heavy (non-hydrogen) atoms. The molecule has 0 saturated heterocycles. The topological polar surface area (TPSA) is 92.9 Å². The van der Waals surface area contributed by atoms with Gasteiger partial charge in [0.1, 0.15) is 12.1 Å². The average Bonchev–Trinajstić information content (AvgIpc) is 2.57. The van der Waals surface area contributed by atoms with E-state index in [-0.39, 0.29) is 13.1 Å². The number of hydrogen-bond donors (Lipinski definition) is 2. The van der Waals surface area contributed by atoms with Gasteiger partial charge in [0.25, 0.3) is 0 Å². The molecule has 2 aromatic rings. The van der Waals surface area contributed by atoms with Gasteiger partial charge in [0.2, 0.25) is 0 Å². The molecule has 0 fully saturated rings. The molecule has 2 rings (SSSR count). The van der Waals surface area contributed by atoms with Crippen molar-refractivity contribution in [3.8, 4) is 6.01 Å². The third-order valence-electron chi connectivity index (χ3n) is 1.77. The van der Waals surface area contributed by atoms with Crippen molar-refractivity contribution in [2.45, 2.75) is 0 Å². The third kappa shape index (κ3) is 2.13. The fraction of sp³-hybridized carbons (Fsp3) is 0.375. The van der Waals surface area contributed by atoms with Crippen LogP contribution in [-0.2, 0) is 4.74 Å². The summed E-state index contributed by atoms with van der Waals surface area (Å²) >= 11 is 0. The zero-order valence-corrected chi connectivity index (χ0v) is 8.11. The Morgan fingerprint density at radius 2 is 2.33 bits per heavy atom. The Labute approximate surface area is 85.9 Å². The second kappa shape index (κ2) is 4.09. The van der Waals surface area contributed by atoms with E-state index >= 15 is 0 Å². The van der Waals surface area contributed by atoms with Gasteiger partial charge in [0.15, 0.2) is 5.65 Å². The first-order valence-corrected chi connectivity index (χ1v) is 4.36. The lowest BCUT2D eigenvalue weighted by Crippen LogP contribution is -2.06. The van der Waals surface area contributed by atoms with Crippen LogP contribution in [0.2, 0.25) is 0 Å². The highest BCUT2D eigenvalue weighted by Crippen LogP contribution is 2.06. The van der Waals surface area contributed by atoms with Crippen LogP contribution >= 0.6 is 0 Å². The minimum Gasteiger partial charge on any atom is -0.461 e. The summed E-state index contributed by atoms with van der Waals surface area (Å²) in [5, 5.41) is 0. The predicted octanol–water partition coefficient (Wildman–Crippen LogP) is -0.0826. The van der Waals surface area contributed by atoms with Crippen molar-refractivity contribution >= 4 is 11.2 Å². The van der Waals surface area contributed by atoms with Crippen LogP contribution in [0.15, 0.2) is 11.0 Å². The van der Waals surface area contributed by atoms with Crippen LogP contribution in [0.5, 0.6) is 6.01 Å². The molecule has 7 heteroatoms. The molecule has 0 aliphatic rings. The van der Waals surface area contributed by atoms with Crippen molar-refractivity contribution in [1.29, 1.82) is 0 Å². The normalized spacial score (nSPS) is 10.7. The maximum Gasteiger partial charge on any atom is 0.325 e. The van der Waals surface area contributed by atoms with E-state index < -0.39 is 0 Å². The molecule has 7 nitrogen and oxygen atoms in total. The number of aromatic amines is 2. The zero-order chi connectivity index (χ0) is 10.7. The highest BCUT2D eigenvalue weighted by Gasteiger charge is 2.03. The van der Waals surface area contributed by atoms with Gasteiger partial charge in [-0.25, -0.2) is 9.78 Å². The second-order valence-electron chi connectivity index (χ2n) is 2.84. The van der Waals surface area contributed by atoms with Crippen molar-refractivity contribution in [2.24, 2.45) is 0 Å². The van der Waals surface area contributed by atoms with E-state index in [2.05, 4.69) is 19.9 Å². The SMILES string of the molecule is COCCOc1ncc2[nH]c(=O)[nH]c2n1.[HH]. The first-order chi connectivity index (χ1) is 7.29.